The van der Waals surface area contributed by atoms with Gasteiger partial charge in [0.05, 0.1) is 13.1 Å². The summed E-state index contributed by atoms with van der Waals surface area (Å²) >= 11 is 0. The molecular weight excluding hydrogens is 431 g/mol. The summed E-state index contributed by atoms with van der Waals surface area (Å²) in [6.07, 6.45) is 4.79. The van der Waals surface area contributed by atoms with E-state index in [2.05, 4.69) is 29.5 Å². The largest absolute Gasteiger partial charge is 0.448 e. The minimum absolute atomic E-state index is 0. The quantitative estimate of drug-likeness (QED) is 0.425. The van der Waals surface area contributed by atoms with Gasteiger partial charge in [0.1, 0.15) is 13.2 Å². The summed E-state index contributed by atoms with van der Waals surface area (Å²) in [4.78, 5) is 29.6. The Morgan fingerprint density at radius 3 is 1.90 bits per heavy atom. The molecule has 8 nitrogen and oxygen atoms in total. The van der Waals surface area contributed by atoms with Crippen LogP contribution >= 0.6 is 24.8 Å². The number of halogens is 2. The van der Waals surface area contributed by atoms with Gasteiger partial charge in [0.2, 0.25) is 0 Å². The monoisotopic (exact) mass is 466 g/mol. The van der Waals surface area contributed by atoms with Crippen molar-refractivity contribution in [3.63, 3.8) is 0 Å². The molecule has 0 aliphatic rings. The van der Waals surface area contributed by atoms with E-state index in [1.807, 2.05) is 24.0 Å². The number of hydrogen-bond donors (Lipinski definition) is 2. The molecule has 2 amide bonds. The Labute approximate surface area is 192 Å². The van der Waals surface area contributed by atoms with Crippen LogP contribution < -0.4 is 15.5 Å². The lowest BCUT2D eigenvalue weighted by Gasteiger charge is -2.24. The molecule has 1 rings (SSSR count). The van der Waals surface area contributed by atoms with Crippen molar-refractivity contribution in [2.75, 3.05) is 44.3 Å². The summed E-state index contributed by atoms with van der Waals surface area (Å²) in [5.41, 5.74) is 1.83. The number of nitrogens with one attached hydrogen (secondary N) is 2. The van der Waals surface area contributed by atoms with E-state index in [0.717, 1.165) is 37.1 Å². The Hall–Kier alpha value is -1.93. The highest BCUT2D eigenvalue weighted by Crippen LogP contribution is 2.14. The van der Waals surface area contributed by atoms with E-state index in [9.17, 15) is 9.59 Å². The van der Waals surface area contributed by atoms with Crippen LogP contribution in [-0.4, -0.2) is 56.6 Å². The van der Waals surface area contributed by atoms with E-state index in [0.29, 0.717) is 26.2 Å². The normalized spacial score (nSPS) is 9.57. The molecule has 0 bridgehead atoms. The number of anilines is 1. The summed E-state index contributed by atoms with van der Waals surface area (Å²) in [6.45, 7) is 8.73. The van der Waals surface area contributed by atoms with Gasteiger partial charge in [-0.2, -0.15) is 0 Å². The second kappa shape index (κ2) is 19.1. The molecule has 0 atom stereocenters. The van der Waals surface area contributed by atoms with E-state index in [4.69, 9.17) is 9.47 Å². The molecule has 1 aromatic heterocycles. The molecule has 0 fully saturated rings. The van der Waals surface area contributed by atoms with Crippen LogP contribution in [0.2, 0.25) is 0 Å². The fourth-order valence-corrected chi connectivity index (χ4v) is 2.43. The number of rotatable bonds is 13. The van der Waals surface area contributed by atoms with Crippen molar-refractivity contribution in [1.29, 1.82) is 0 Å². The number of nitrogens with zero attached hydrogens (tertiary/aromatic N) is 2. The highest BCUT2D eigenvalue weighted by Gasteiger charge is 2.10. The molecule has 2 N–H and O–H groups in total. The molecule has 0 unspecified atom stereocenters. The number of amides is 2. The van der Waals surface area contributed by atoms with E-state index in [-0.39, 0.29) is 38.0 Å². The molecule has 0 spiro atoms. The molecule has 30 heavy (non-hydrogen) atoms. The Kier molecular flexibility index (Phi) is 19.2. The van der Waals surface area contributed by atoms with Gasteiger partial charge in [-0.25, -0.2) is 9.59 Å². The van der Waals surface area contributed by atoms with Gasteiger partial charge >= 0.3 is 12.2 Å². The minimum Gasteiger partial charge on any atom is -0.448 e. The van der Waals surface area contributed by atoms with E-state index in [1.165, 1.54) is 0 Å². The number of ether oxygens (including phenoxy) is 2. The third-order valence-electron chi connectivity index (χ3n) is 4.03. The summed E-state index contributed by atoms with van der Waals surface area (Å²) in [6, 6.07) is 3.83. The average molecular weight is 467 g/mol. The predicted octanol–water partition coefficient (Wildman–Crippen LogP) is 4.09. The predicted molar refractivity (Wildman–Crippen MR) is 124 cm³/mol. The second-order valence-electron chi connectivity index (χ2n) is 6.47. The molecule has 0 aliphatic heterocycles. The van der Waals surface area contributed by atoms with Gasteiger partial charge in [-0.05, 0) is 31.9 Å². The number of aryl methyl sites for hydroxylation is 1. The number of alkyl carbamates (subject to hydrolysis) is 2. The molecule has 0 aliphatic carbocycles. The lowest BCUT2D eigenvalue weighted by Crippen LogP contribution is -2.35. The maximum atomic E-state index is 11.7. The summed E-state index contributed by atoms with van der Waals surface area (Å²) in [7, 11) is 0. The molecule has 1 aromatic rings. The van der Waals surface area contributed by atoms with Crippen LogP contribution in [0, 0.1) is 6.92 Å². The van der Waals surface area contributed by atoms with Crippen molar-refractivity contribution >= 4 is 42.7 Å². The lowest BCUT2D eigenvalue weighted by atomic mass is 10.3. The lowest BCUT2D eigenvalue weighted by molar-refractivity contribution is 0.144. The number of carbonyl (C=O) groups is 2. The van der Waals surface area contributed by atoms with Crippen molar-refractivity contribution in [3.05, 3.63) is 24.0 Å². The SMILES string of the molecule is CCCCNC(=O)OCCN(CCOC(=O)NCCCC)c1ccnc(C)c1.Cl.Cl. The minimum atomic E-state index is -0.411. The molecule has 0 aromatic carbocycles. The zero-order chi connectivity index (χ0) is 20.6. The average Bonchev–Trinajstić information content (AvgIpc) is 2.67. The molecule has 1 heterocycles. The van der Waals surface area contributed by atoms with Crippen molar-refractivity contribution in [1.82, 2.24) is 15.6 Å². The van der Waals surface area contributed by atoms with Crippen LogP contribution in [0.4, 0.5) is 15.3 Å². The number of unbranched alkanes of at least 4 members (excludes halogenated alkanes) is 2. The van der Waals surface area contributed by atoms with E-state index in [1.54, 1.807) is 6.20 Å². The Morgan fingerprint density at radius 1 is 0.967 bits per heavy atom. The van der Waals surface area contributed by atoms with E-state index < -0.39 is 12.2 Å². The van der Waals surface area contributed by atoms with Crippen molar-refractivity contribution in [2.45, 2.75) is 46.5 Å². The molecule has 0 radical (unpaired) electrons. The highest BCUT2D eigenvalue weighted by atomic mass is 35.5. The number of pyridine rings is 1. The second-order valence-corrected chi connectivity index (χ2v) is 6.47. The van der Waals surface area contributed by atoms with Gasteiger partial charge in [-0.3, -0.25) is 4.98 Å². The summed E-state index contributed by atoms with van der Waals surface area (Å²) in [5, 5.41) is 5.44. The number of carbonyl (C=O) groups excluding carboxylic acids is 2. The molecule has 174 valence electrons. The first-order chi connectivity index (χ1) is 13.6. The van der Waals surface area contributed by atoms with Crippen molar-refractivity contribution < 1.29 is 19.1 Å². The standard InChI is InChI=1S/C20H34N4O4.2ClH/c1-4-6-9-22-19(25)27-14-12-24(18-8-11-21-17(3)16-18)13-15-28-20(26)23-10-7-5-2;;/h8,11,16H,4-7,9-10,12-15H2,1-3H3,(H,22,25)(H,23,26);2*1H. The molecular formula is C20H36Cl2N4O4. The molecule has 10 heteroatoms. The fourth-order valence-electron chi connectivity index (χ4n) is 2.43. The third-order valence-corrected chi connectivity index (χ3v) is 4.03. The maximum absolute atomic E-state index is 11.7. The third kappa shape index (κ3) is 14.1. The van der Waals surface area contributed by atoms with Crippen molar-refractivity contribution in [3.8, 4) is 0 Å². The van der Waals surface area contributed by atoms with Crippen LogP contribution in [0.5, 0.6) is 0 Å². The molecule has 0 saturated heterocycles. The number of aromatic nitrogens is 1. The first kappa shape index (κ1) is 30.3. The maximum Gasteiger partial charge on any atom is 0.407 e. The van der Waals surface area contributed by atoms with Crippen LogP contribution in [-0.2, 0) is 9.47 Å². The van der Waals surface area contributed by atoms with Crippen LogP contribution in [0.1, 0.15) is 45.2 Å². The summed E-state index contributed by atoms with van der Waals surface area (Å²) < 4.78 is 10.5. The first-order valence-electron chi connectivity index (χ1n) is 10.1. The van der Waals surface area contributed by atoms with Crippen LogP contribution in [0.25, 0.3) is 0 Å². The number of hydrogen-bond acceptors (Lipinski definition) is 6. The van der Waals surface area contributed by atoms with Crippen LogP contribution in [0.3, 0.4) is 0 Å². The fraction of sp³-hybridized carbons (Fsp3) is 0.650. The van der Waals surface area contributed by atoms with Gasteiger partial charge in [0, 0.05) is 30.7 Å². The Balaban J connectivity index is 0. The zero-order valence-corrected chi connectivity index (χ0v) is 19.8. The van der Waals surface area contributed by atoms with Crippen LogP contribution in [0.15, 0.2) is 18.3 Å². The van der Waals surface area contributed by atoms with Gasteiger partial charge in [0.25, 0.3) is 0 Å². The molecule has 0 saturated carbocycles. The Bertz CT molecular complexity index is 566. The zero-order valence-electron chi connectivity index (χ0n) is 18.1. The topological polar surface area (TPSA) is 92.8 Å². The van der Waals surface area contributed by atoms with Gasteiger partial charge in [0.15, 0.2) is 0 Å². The highest BCUT2D eigenvalue weighted by molar-refractivity contribution is 5.85. The first-order valence-corrected chi connectivity index (χ1v) is 10.1. The Morgan fingerprint density at radius 2 is 1.47 bits per heavy atom. The van der Waals surface area contributed by atoms with Crippen molar-refractivity contribution in [2.24, 2.45) is 0 Å². The van der Waals surface area contributed by atoms with Gasteiger partial charge in [-0.1, -0.05) is 26.7 Å². The summed E-state index contributed by atoms with van der Waals surface area (Å²) in [5.74, 6) is 0. The van der Waals surface area contributed by atoms with Gasteiger partial charge in [-0.15, -0.1) is 24.8 Å². The smallest absolute Gasteiger partial charge is 0.407 e. The van der Waals surface area contributed by atoms with Gasteiger partial charge < -0.3 is 25.0 Å². The van der Waals surface area contributed by atoms with E-state index >= 15 is 0 Å².